The number of imidazole rings is 1. The van der Waals surface area contributed by atoms with Gasteiger partial charge in [-0.15, -0.1) is 11.3 Å². The second kappa shape index (κ2) is 13.8. The maximum absolute atomic E-state index is 5.17. The molecule has 0 saturated heterocycles. The Morgan fingerprint density at radius 1 is 0.333 bits per heavy atom. The lowest BCUT2D eigenvalue weighted by molar-refractivity contribution is 1.17. The third-order valence-corrected chi connectivity index (χ3v) is 16.1. The number of benzene rings is 11. The number of hydrogen-bond acceptors (Lipinski definition) is 4. The van der Waals surface area contributed by atoms with E-state index in [1.54, 1.807) is 0 Å². The molecule has 306 valence electrons. The van der Waals surface area contributed by atoms with Gasteiger partial charge >= 0.3 is 0 Å². The van der Waals surface area contributed by atoms with Crippen molar-refractivity contribution in [1.29, 1.82) is 0 Å². The van der Waals surface area contributed by atoms with Crippen LogP contribution in [0.2, 0.25) is 0 Å². The SMILES string of the molecule is c1ccc(N2c3ccc(-c4ccc5c(c4)sc4ccccc45)cc3Sc3cc4c5cc(-c6ccc7c(c6)c6ccccc6n6c8ccccc8nc76)ccc5c5ccccc5c4cc32)cc1. The summed E-state index contributed by atoms with van der Waals surface area (Å²) in [7, 11) is 0. The summed E-state index contributed by atoms with van der Waals surface area (Å²) in [5.74, 6) is 0. The van der Waals surface area contributed by atoms with E-state index in [1.807, 2.05) is 23.1 Å². The van der Waals surface area contributed by atoms with E-state index in [0.717, 1.165) is 27.8 Å². The Morgan fingerprint density at radius 2 is 0.879 bits per heavy atom. The van der Waals surface area contributed by atoms with E-state index < -0.39 is 0 Å². The Bertz CT molecular complexity index is 4390. The molecule has 0 unspecified atom stereocenters. The Labute approximate surface area is 387 Å². The molecule has 66 heavy (non-hydrogen) atoms. The lowest BCUT2D eigenvalue weighted by Gasteiger charge is -2.34. The van der Waals surface area contributed by atoms with Gasteiger partial charge in [-0.2, -0.15) is 0 Å². The smallest absolute Gasteiger partial charge is 0.146 e. The molecule has 0 fully saturated rings. The van der Waals surface area contributed by atoms with Gasteiger partial charge < -0.3 is 4.90 Å². The predicted octanol–water partition coefficient (Wildman–Crippen LogP) is 17.9. The van der Waals surface area contributed by atoms with Crippen molar-refractivity contribution in [3.05, 3.63) is 212 Å². The highest BCUT2D eigenvalue weighted by atomic mass is 32.2. The van der Waals surface area contributed by atoms with Crippen LogP contribution in [0.1, 0.15) is 0 Å². The predicted molar refractivity (Wildman–Crippen MR) is 283 cm³/mol. The van der Waals surface area contributed by atoms with E-state index >= 15 is 0 Å². The number of para-hydroxylation sites is 4. The Hall–Kier alpha value is -7.96. The van der Waals surface area contributed by atoms with Crippen LogP contribution in [0.15, 0.2) is 222 Å². The molecule has 5 heteroatoms. The molecule has 1 aliphatic rings. The van der Waals surface area contributed by atoms with Gasteiger partial charge in [-0.25, -0.2) is 4.98 Å². The molecule has 0 spiro atoms. The van der Waals surface area contributed by atoms with E-state index in [1.165, 1.54) is 112 Å². The molecule has 1 aliphatic heterocycles. The minimum atomic E-state index is 0.991. The molecular weight excluding hydrogens is 839 g/mol. The molecule has 0 aliphatic carbocycles. The van der Waals surface area contributed by atoms with E-state index in [-0.39, 0.29) is 0 Å². The lowest BCUT2D eigenvalue weighted by Crippen LogP contribution is -2.15. The first-order chi connectivity index (χ1) is 32.7. The number of hydrogen-bond donors (Lipinski definition) is 0. The zero-order chi connectivity index (χ0) is 43.0. The summed E-state index contributed by atoms with van der Waals surface area (Å²) in [6, 6.07) is 78.7. The average molecular weight is 874 g/mol. The molecule has 0 atom stereocenters. The van der Waals surface area contributed by atoms with Gasteiger partial charge in [0.15, 0.2) is 0 Å². The highest BCUT2D eigenvalue weighted by Crippen LogP contribution is 2.55. The molecule has 11 aromatic carbocycles. The van der Waals surface area contributed by atoms with Crippen molar-refractivity contribution in [2.75, 3.05) is 4.90 Å². The third-order valence-electron chi connectivity index (χ3n) is 13.9. The van der Waals surface area contributed by atoms with Gasteiger partial charge in [0.1, 0.15) is 5.65 Å². The first-order valence-corrected chi connectivity index (χ1v) is 24.1. The molecule has 14 aromatic rings. The van der Waals surface area contributed by atoms with Gasteiger partial charge in [0.05, 0.1) is 27.9 Å². The standard InChI is InChI=1S/C61H35N3S2/c1-2-12-40(13-3-1)63-55-29-25-39(38-23-27-46-45-17-7-11-21-57(45)65-58(46)32-38)33-59(55)66-60-35-51-48-30-36(22-26-43(48)41-14-4-5-15-42(41)50(51)34-56(60)63)37-24-28-47-49(31-37)44-16-6-9-19-53(44)64-54-20-10-8-18-52(54)62-61(47)64/h1-35H. The van der Waals surface area contributed by atoms with E-state index in [0.29, 0.717) is 0 Å². The highest BCUT2D eigenvalue weighted by molar-refractivity contribution is 7.99. The normalized spacial score (nSPS) is 12.8. The highest BCUT2D eigenvalue weighted by Gasteiger charge is 2.27. The molecule has 0 saturated carbocycles. The van der Waals surface area contributed by atoms with Crippen molar-refractivity contribution in [1.82, 2.24) is 9.38 Å². The maximum atomic E-state index is 5.17. The molecule has 4 heterocycles. The van der Waals surface area contributed by atoms with Crippen LogP contribution in [-0.4, -0.2) is 9.38 Å². The van der Waals surface area contributed by atoms with E-state index in [9.17, 15) is 0 Å². The van der Waals surface area contributed by atoms with Crippen molar-refractivity contribution in [3.8, 4) is 22.3 Å². The fourth-order valence-electron chi connectivity index (χ4n) is 10.9. The first-order valence-electron chi connectivity index (χ1n) is 22.4. The minimum Gasteiger partial charge on any atom is -0.308 e. The number of aromatic nitrogens is 2. The van der Waals surface area contributed by atoms with Crippen LogP contribution < -0.4 is 4.90 Å². The zero-order valence-corrected chi connectivity index (χ0v) is 37.0. The fourth-order valence-corrected chi connectivity index (χ4v) is 13.1. The van der Waals surface area contributed by atoms with Crippen molar-refractivity contribution >= 4 is 131 Å². The summed E-state index contributed by atoms with van der Waals surface area (Å²) in [4.78, 5) is 10.1. The summed E-state index contributed by atoms with van der Waals surface area (Å²) >= 11 is 3.76. The largest absolute Gasteiger partial charge is 0.308 e. The van der Waals surface area contributed by atoms with Crippen molar-refractivity contribution in [2.45, 2.75) is 9.79 Å². The lowest BCUT2D eigenvalue weighted by atomic mass is 9.91. The second-order valence-electron chi connectivity index (χ2n) is 17.5. The van der Waals surface area contributed by atoms with Crippen LogP contribution in [0, 0.1) is 0 Å². The Kier molecular flexibility index (Phi) is 7.59. The van der Waals surface area contributed by atoms with Crippen molar-refractivity contribution < 1.29 is 0 Å². The average Bonchev–Trinajstić information content (AvgIpc) is 3.96. The van der Waals surface area contributed by atoms with Gasteiger partial charge in [-0.05, 0) is 145 Å². The number of anilines is 3. The van der Waals surface area contributed by atoms with Crippen LogP contribution in [0.3, 0.4) is 0 Å². The number of pyridine rings is 1. The Balaban J connectivity index is 0.927. The summed E-state index contributed by atoms with van der Waals surface area (Å²) < 4.78 is 4.97. The molecule has 3 aromatic heterocycles. The molecule has 3 nitrogen and oxygen atoms in total. The van der Waals surface area contributed by atoms with Crippen LogP contribution in [0.25, 0.3) is 113 Å². The monoisotopic (exact) mass is 873 g/mol. The van der Waals surface area contributed by atoms with Gasteiger partial charge in [-0.1, -0.05) is 139 Å². The Morgan fingerprint density at radius 3 is 1.71 bits per heavy atom. The molecule has 0 radical (unpaired) electrons. The first kappa shape index (κ1) is 36.4. The maximum Gasteiger partial charge on any atom is 0.146 e. The summed E-state index contributed by atoms with van der Waals surface area (Å²) in [6.07, 6.45) is 0. The van der Waals surface area contributed by atoms with Crippen LogP contribution in [-0.2, 0) is 0 Å². The molecule has 0 N–H and O–H groups in total. The van der Waals surface area contributed by atoms with Crippen molar-refractivity contribution in [3.63, 3.8) is 0 Å². The van der Waals surface area contributed by atoms with E-state index in [4.69, 9.17) is 4.98 Å². The zero-order valence-electron chi connectivity index (χ0n) is 35.4. The number of thiophene rings is 1. The third kappa shape index (κ3) is 5.24. The van der Waals surface area contributed by atoms with Gasteiger partial charge in [-0.3, -0.25) is 4.40 Å². The minimum absolute atomic E-state index is 0.991. The molecular formula is C61H35N3S2. The van der Waals surface area contributed by atoms with Crippen molar-refractivity contribution in [2.24, 2.45) is 0 Å². The van der Waals surface area contributed by atoms with Gasteiger partial charge in [0, 0.05) is 46.4 Å². The topological polar surface area (TPSA) is 20.5 Å². The van der Waals surface area contributed by atoms with Crippen LogP contribution in [0.5, 0.6) is 0 Å². The fraction of sp³-hybridized carbons (Fsp3) is 0. The molecule has 0 bridgehead atoms. The number of rotatable bonds is 3. The van der Waals surface area contributed by atoms with E-state index in [2.05, 4.69) is 222 Å². The summed E-state index contributed by atoms with van der Waals surface area (Å²) in [6.45, 7) is 0. The number of nitrogens with zero attached hydrogens (tertiary/aromatic N) is 3. The van der Waals surface area contributed by atoms with Gasteiger partial charge in [0.25, 0.3) is 0 Å². The van der Waals surface area contributed by atoms with Crippen LogP contribution in [0.4, 0.5) is 17.1 Å². The quantitative estimate of drug-likeness (QED) is 0.165. The van der Waals surface area contributed by atoms with Gasteiger partial charge in [0.2, 0.25) is 0 Å². The number of fused-ring (bicyclic) bond motifs is 19. The molecule has 15 rings (SSSR count). The summed E-state index contributed by atoms with van der Waals surface area (Å²) in [5, 5.41) is 13.8. The van der Waals surface area contributed by atoms with Crippen LogP contribution >= 0.6 is 23.1 Å². The second-order valence-corrected chi connectivity index (χ2v) is 19.6. The molecule has 0 amide bonds. The summed E-state index contributed by atoms with van der Waals surface area (Å²) in [5.41, 5.74) is 12.7.